The zero-order valence-corrected chi connectivity index (χ0v) is 18.8. The van der Waals surface area contributed by atoms with Crippen molar-refractivity contribution >= 4 is 42.2 Å². The van der Waals surface area contributed by atoms with Crippen molar-refractivity contribution in [2.24, 2.45) is 17.4 Å². The Labute approximate surface area is 187 Å². The van der Waals surface area contributed by atoms with Gasteiger partial charge >= 0.3 is 5.97 Å². The fourth-order valence-electron chi connectivity index (χ4n) is 3.37. The van der Waals surface area contributed by atoms with E-state index in [2.05, 4.69) is 23.3 Å². The molecule has 7 N–H and O–H groups in total. The van der Waals surface area contributed by atoms with Crippen LogP contribution in [0.25, 0.3) is 0 Å². The summed E-state index contributed by atoms with van der Waals surface area (Å²) < 4.78 is 0. The van der Waals surface area contributed by atoms with Crippen molar-refractivity contribution < 1.29 is 29.1 Å². The molecule has 0 aromatic heterocycles. The van der Waals surface area contributed by atoms with Crippen LogP contribution in [0.3, 0.4) is 0 Å². The van der Waals surface area contributed by atoms with E-state index in [1.54, 1.807) is 0 Å². The number of carboxylic acids is 1. The number of aliphatic carboxylic acids is 1. The smallest absolute Gasteiger partial charge is 0.326 e. The van der Waals surface area contributed by atoms with Crippen molar-refractivity contribution in [3.63, 3.8) is 0 Å². The van der Waals surface area contributed by atoms with E-state index in [1.807, 2.05) is 13.8 Å². The lowest BCUT2D eigenvalue weighted by Crippen LogP contribution is -2.57. The molecule has 176 valence electrons. The lowest BCUT2D eigenvalue weighted by molar-refractivity contribution is -0.149. The van der Waals surface area contributed by atoms with Gasteiger partial charge in [-0.15, -0.1) is 0 Å². The van der Waals surface area contributed by atoms with Crippen LogP contribution in [0.4, 0.5) is 0 Å². The Morgan fingerprint density at radius 2 is 1.74 bits per heavy atom. The Morgan fingerprint density at radius 3 is 2.26 bits per heavy atom. The molecule has 0 spiro atoms. The quantitative estimate of drug-likeness (QED) is 0.194. The third kappa shape index (κ3) is 8.37. The number of rotatable bonds is 12. The summed E-state index contributed by atoms with van der Waals surface area (Å²) in [5, 5.41) is 14.5. The van der Waals surface area contributed by atoms with E-state index in [1.165, 1.54) is 4.90 Å². The number of hydrogen-bond donors (Lipinski definition) is 6. The molecule has 1 saturated heterocycles. The highest BCUT2D eigenvalue weighted by molar-refractivity contribution is 7.80. The molecule has 0 aromatic carbocycles. The van der Waals surface area contributed by atoms with Gasteiger partial charge in [0.2, 0.25) is 23.6 Å². The number of carbonyl (C=O) groups is 5. The second kappa shape index (κ2) is 12.5. The fraction of sp³-hybridized carbons (Fsp3) is 0.737. The van der Waals surface area contributed by atoms with Crippen LogP contribution >= 0.6 is 12.6 Å². The summed E-state index contributed by atoms with van der Waals surface area (Å²) in [6, 6.07) is -4.00. The summed E-state index contributed by atoms with van der Waals surface area (Å²) in [5.41, 5.74) is 10.9. The molecule has 0 aliphatic carbocycles. The van der Waals surface area contributed by atoms with Gasteiger partial charge in [-0.3, -0.25) is 19.2 Å². The van der Waals surface area contributed by atoms with E-state index in [0.717, 1.165) is 0 Å². The number of nitrogens with one attached hydrogen (secondary N) is 2. The maximum absolute atomic E-state index is 13.0. The molecule has 0 bridgehead atoms. The van der Waals surface area contributed by atoms with Crippen LogP contribution in [0.15, 0.2) is 0 Å². The van der Waals surface area contributed by atoms with Crippen LogP contribution in [-0.2, 0) is 24.0 Å². The van der Waals surface area contributed by atoms with Crippen LogP contribution in [0, 0.1) is 5.92 Å². The minimum Gasteiger partial charge on any atom is -0.480 e. The topological polar surface area (TPSA) is 185 Å². The van der Waals surface area contributed by atoms with Gasteiger partial charge in [-0.25, -0.2) is 4.79 Å². The Kier molecular flexibility index (Phi) is 10.8. The molecule has 4 amide bonds. The van der Waals surface area contributed by atoms with Crippen molar-refractivity contribution in [1.82, 2.24) is 15.5 Å². The van der Waals surface area contributed by atoms with Crippen LogP contribution < -0.4 is 22.1 Å². The van der Waals surface area contributed by atoms with E-state index in [9.17, 15) is 29.1 Å². The molecule has 4 atom stereocenters. The normalized spacial score (nSPS) is 18.9. The average molecular weight is 460 g/mol. The molecule has 1 heterocycles. The number of primary amides is 1. The lowest BCUT2D eigenvalue weighted by atomic mass is 10.0. The van der Waals surface area contributed by atoms with Crippen LogP contribution in [0.2, 0.25) is 0 Å². The Balaban J connectivity index is 3.01. The monoisotopic (exact) mass is 459 g/mol. The molecule has 1 aliphatic heterocycles. The second-order valence-electron chi connectivity index (χ2n) is 8.07. The molecule has 0 radical (unpaired) electrons. The van der Waals surface area contributed by atoms with Gasteiger partial charge in [0.15, 0.2) is 0 Å². The number of thiol groups is 1. The molecule has 1 aliphatic rings. The van der Waals surface area contributed by atoms with Crippen molar-refractivity contribution in [2.75, 3.05) is 12.3 Å². The first-order valence-electron chi connectivity index (χ1n) is 10.3. The number of carbonyl (C=O) groups excluding carboxylic acids is 4. The first-order valence-corrected chi connectivity index (χ1v) is 10.9. The molecule has 12 heteroatoms. The van der Waals surface area contributed by atoms with Gasteiger partial charge in [-0.2, -0.15) is 12.6 Å². The molecular weight excluding hydrogens is 426 g/mol. The standard InChI is InChI=1S/C19H33N5O6S/c1-10(2)8-13(23-16(26)11(20)9-31)17(27)22-12(5-6-15(21)25)18(28)24-7-3-4-14(24)19(29)30/h10-14,31H,3-9,20H2,1-2H3,(H2,21,25)(H,22,27)(H,23,26)(H,29,30). The zero-order chi connectivity index (χ0) is 23.7. The van der Waals surface area contributed by atoms with Gasteiger partial charge in [0.25, 0.3) is 0 Å². The summed E-state index contributed by atoms with van der Waals surface area (Å²) in [6.45, 7) is 3.96. The molecule has 0 saturated carbocycles. The maximum atomic E-state index is 13.0. The van der Waals surface area contributed by atoms with Crippen LogP contribution in [-0.4, -0.2) is 76.1 Å². The van der Waals surface area contributed by atoms with Gasteiger partial charge in [0.05, 0.1) is 6.04 Å². The number of hydrogen-bond acceptors (Lipinski definition) is 7. The highest BCUT2D eigenvalue weighted by Crippen LogP contribution is 2.20. The molecule has 1 fully saturated rings. The largest absolute Gasteiger partial charge is 0.480 e. The van der Waals surface area contributed by atoms with Gasteiger partial charge in [0, 0.05) is 18.7 Å². The summed E-state index contributed by atoms with van der Waals surface area (Å²) in [5.74, 6) is -3.43. The predicted molar refractivity (Wildman–Crippen MR) is 116 cm³/mol. The third-order valence-corrected chi connectivity index (χ3v) is 5.38. The first kappa shape index (κ1) is 26.7. The Morgan fingerprint density at radius 1 is 1.13 bits per heavy atom. The van der Waals surface area contributed by atoms with Gasteiger partial charge in [-0.1, -0.05) is 13.8 Å². The summed E-state index contributed by atoms with van der Waals surface area (Å²) >= 11 is 3.97. The van der Waals surface area contributed by atoms with E-state index in [-0.39, 0.29) is 37.5 Å². The first-order chi connectivity index (χ1) is 14.5. The van der Waals surface area contributed by atoms with Crippen LogP contribution in [0.1, 0.15) is 46.0 Å². The minimum absolute atomic E-state index is 0.0398. The van der Waals surface area contributed by atoms with Crippen molar-refractivity contribution in [3.8, 4) is 0 Å². The molecular formula is C19H33N5O6S. The predicted octanol–water partition coefficient (Wildman–Crippen LogP) is -1.40. The Hall–Kier alpha value is -2.34. The minimum atomic E-state index is -1.15. The summed E-state index contributed by atoms with van der Waals surface area (Å²) in [7, 11) is 0. The molecule has 11 nitrogen and oxygen atoms in total. The second-order valence-corrected chi connectivity index (χ2v) is 8.44. The van der Waals surface area contributed by atoms with Crippen molar-refractivity contribution in [2.45, 2.75) is 70.1 Å². The molecule has 0 aromatic rings. The van der Waals surface area contributed by atoms with E-state index < -0.39 is 53.8 Å². The Bertz CT molecular complexity index is 689. The highest BCUT2D eigenvalue weighted by atomic mass is 32.1. The molecule has 31 heavy (non-hydrogen) atoms. The van der Waals surface area contributed by atoms with Gasteiger partial charge in [0.1, 0.15) is 18.1 Å². The van der Waals surface area contributed by atoms with E-state index in [0.29, 0.717) is 12.8 Å². The lowest BCUT2D eigenvalue weighted by Gasteiger charge is -2.29. The van der Waals surface area contributed by atoms with E-state index >= 15 is 0 Å². The highest BCUT2D eigenvalue weighted by Gasteiger charge is 2.38. The molecule has 1 rings (SSSR count). The van der Waals surface area contributed by atoms with Gasteiger partial charge < -0.3 is 32.1 Å². The SMILES string of the molecule is CC(C)CC(NC(=O)C(N)CS)C(=O)NC(CCC(N)=O)C(=O)N1CCCC1C(=O)O. The zero-order valence-electron chi connectivity index (χ0n) is 17.9. The summed E-state index contributed by atoms with van der Waals surface area (Å²) in [4.78, 5) is 62.0. The van der Waals surface area contributed by atoms with Gasteiger partial charge in [-0.05, 0) is 31.6 Å². The number of likely N-dealkylation sites (tertiary alicyclic amines) is 1. The number of nitrogens with two attached hydrogens (primary N) is 2. The van der Waals surface area contributed by atoms with Crippen molar-refractivity contribution in [1.29, 1.82) is 0 Å². The van der Waals surface area contributed by atoms with Crippen molar-refractivity contribution in [3.05, 3.63) is 0 Å². The van der Waals surface area contributed by atoms with E-state index in [4.69, 9.17) is 11.5 Å². The average Bonchev–Trinajstić information content (AvgIpc) is 3.18. The molecule has 4 unspecified atom stereocenters. The number of amides is 4. The fourth-order valence-corrected chi connectivity index (χ4v) is 3.53. The third-order valence-electron chi connectivity index (χ3n) is 4.99. The van der Waals surface area contributed by atoms with Crippen LogP contribution in [0.5, 0.6) is 0 Å². The maximum Gasteiger partial charge on any atom is 0.326 e. The summed E-state index contributed by atoms with van der Waals surface area (Å²) in [6.07, 6.45) is 0.863. The number of nitrogens with zero attached hydrogens (tertiary/aromatic N) is 1. The number of carboxylic acid groups (broad SMARTS) is 1.